The van der Waals surface area contributed by atoms with Crippen molar-refractivity contribution in [2.75, 3.05) is 0 Å². The lowest BCUT2D eigenvalue weighted by molar-refractivity contribution is 0.668. The first-order chi connectivity index (χ1) is 9.74. The molecule has 0 atom stereocenters. The van der Waals surface area contributed by atoms with Gasteiger partial charge in [0.2, 0.25) is 0 Å². The molecule has 1 aromatic carbocycles. The molecule has 0 saturated carbocycles. The van der Waals surface area contributed by atoms with Crippen LogP contribution >= 0.6 is 11.3 Å². The molecule has 0 bridgehead atoms. The van der Waals surface area contributed by atoms with Crippen molar-refractivity contribution in [2.45, 2.75) is 46.0 Å². The van der Waals surface area contributed by atoms with Crippen molar-refractivity contribution in [1.29, 1.82) is 5.26 Å². The number of unbranched alkanes of at least 4 members (excludes halogenated alkanes) is 3. The second-order valence-corrected chi connectivity index (χ2v) is 6.47. The van der Waals surface area contributed by atoms with E-state index in [4.69, 9.17) is 5.26 Å². The summed E-state index contributed by atoms with van der Waals surface area (Å²) in [4.78, 5) is 2.75. The second-order valence-electron chi connectivity index (χ2n) is 5.21. The molecule has 1 aromatic heterocycles. The van der Waals surface area contributed by atoms with Crippen molar-refractivity contribution in [3.05, 3.63) is 46.3 Å². The summed E-state index contributed by atoms with van der Waals surface area (Å²) in [5.74, 6) is 0. The summed E-state index contributed by atoms with van der Waals surface area (Å²) in [7, 11) is 0. The van der Waals surface area contributed by atoms with Gasteiger partial charge < -0.3 is 0 Å². The van der Waals surface area contributed by atoms with Crippen molar-refractivity contribution >= 4 is 11.3 Å². The van der Waals surface area contributed by atoms with Gasteiger partial charge in [0.15, 0.2) is 0 Å². The van der Waals surface area contributed by atoms with Gasteiger partial charge in [0.1, 0.15) is 0 Å². The highest BCUT2D eigenvalue weighted by atomic mass is 32.1. The number of benzene rings is 1. The second kappa shape index (κ2) is 7.26. The predicted octanol–water partition coefficient (Wildman–Crippen LogP) is 5.72. The fourth-order valence-electron chi connectivity index (χ4n) is 2.44. The van der Waals surface area contributed by atoms with Gasteiger partial charge in [-0.1, -0.05) is 38.3 Å². The number of nitriles is 1. The smallest absolute Gasteiger partial charge is 0.0991 e. The summed E-state index contributed by atoms with van der Waals surface area (Å²) >= 11 is 1.86. The molecule has 2 aromatic rings. The van der Waals surface area contributed by atoms with E-state index in [1.165, 1.54) is 53.0 Å². The third-order valence-electron chi connectivity index (χ3n) is 3.51. The Morgan fingerprint density at radius 3 is 2.50 bits per heavy atom. The zero-order valence-corrected chi connectivity index (χ0v) is 13.1. The molecule has 0 fully saturated rings. The van der Waals surface area contributed by atoms with Gasteiger partial charge >= 0.3 is 0 Å². The molecule has 0 aliphatic heterocycles. The summed E-state index contributed by atoms with van der Waals surface area (Å²) < 4.78 is 0. The van der Waals surface area contributed by atoms with Gasteiger partial charge in [-0.15, -0.1) is 11.3 Å². The molecule has 104 valence electrons. The third kappa shape index (κ3) is 3.71. The maximum absolute atomic E-state index is 8.88. The average molecular weight is 283 g/mol. The van der Waals surface area contributed by atoms with Gasteiger partial charge in [0, 0.05) is 9.75 Å². The maximum atomic E-state index is 8.88. The Morgan fingerprint density at radius 2 is 1.85 bits per heavy atom. The SMILES string of the molecule is CCCCCCc1cc(C)sc1-c1ccc(C#N)cc1. The molecule has 0 radical (unpaired) electrons. The molecule has 0 aliphatic rings. The van der Waals surface area contributed by atoms with Crippen LogP contribution in [0.5, 0.6) is 0 Å². The maximum Gasteiger partial charge on any atom is 0.0991 e. The minimum atomic E-state index is 0.728. The molecule has 0 amide bonds. The van der Waals surface area contributed by atoms with Gasteiger partial charge in [-0.2, -0.15) is 5.26 Å². The van der Waals surface area contributed by atoms with Crippen LogP contribution in [0.1, 0.15) is 48.6 Å². The molecule has 0 aliphatic carbocycles. The number of hydrogen-bond acceptors (Lipinski definition) is 2. The highest BCUT2D eigenvalue weighted by Crippen LogP contribution is 2.33. The van der Waals surface area contributed by atoms with E-state index < -0.39 is 0 Å². The number of nitrogens with zero attached hydrogens (tertiary/aromatic N) is 1. The first-order valence-electron chi connectivity index (χ1n) is 7.34. The molecule has 20 heavy (non-hydrogen) atoms. The highest BCUT2D eigenvalue weighted by molar-refractivity contribution is 7.15. The third-order valence-corrected chi connectivity index (χ3v) is 4.65. The summed E-state index contributed by atoms with van der Waals surface area (Å²) in [6.45, 7) is 4.42. The van der Waals surface area contributed by atoms with E-state index in [0.717, 1.165) is 5.56 Å². The van der Waals surface area contributed by atoms with Gasteiger partial charge in [-0.25, -0.2) is 0 Å². The van der Waals surface area contributed by atoms with Crippen molar-refractivity contribution in [3.8, 4) is 16.5 Å². The predicted molar refractivity (Wildman–Crippen MR) is 87.1 cm³/mol. The monoisotopic (exact) mass is 283 g/mol. The van der Waals surface area contributed by atoms with Crippen molar-refractivity contribution < 1.29 is 0 Å². The van der Waals surface area contributed by atoms with Crippen LogP contribution in [-0.4, -0.2) is 0 Å². The van der Waals surface area contributed by atoms with Crippen LogP contribution in [0.4, 0.5) is 0 Å². The average Bonchev–Trinajstić information content (AvgIpc) is 2.85. The number of aryl methyl sites for hydroxylation is 2. The van der Waals surface area contributed by atoms with E-state index in [9.17, 15) is 0 Å². The molecule has 1 nitrogen and oxygen atoms in total. The van der Waals surface area contributed by atoms with Gasteiger partial charge in [0.05, 0.1) is 11.6 Å². The van der Waals surface area contributed by atoms with E-state index >= 15 is 0 Å². The Hall–Kier alpha value is -1.59. The van der Waals surface area contributed by atoms with E-state index in [2.05, 4.69) is 38.1 Å². The molecular formula is C18H21NS. The van der Waals surface area contributed by atoms with E-state index in [0.29, 0.717) is 0 Å². The zero-order valence-electron chi connectivity index (χ0n) is 12.3. The quantitative estimate of drug-likeness (QED) is 0.622. The van der Waals surface area contributed by atoms with Crippen LogP contribution in [0.25, 0.3) is 10.4 Å². The van der Waals surface area contributed by atoms with E-state index in [1.54, 1.807) is 0 Å². The molecular weight excluding hydrogens is 262 g/mol. The largest absolute Gasteiger partial charge is 0.192 e. The van der Waals surface area contributed by atoms with Gasteiger partial charge in [0.25, 0.3) is 0 Å². The number of rotatable bonds is 6. The first-order valence-corrected chi connectivity index (χ1v) is 8.16. The minimum Gasteiger partial charge on any atom is -0.192 e. The van der Waals surface area contributed by atoms with Crippen LogP contribution in [-0.2, 0) is 6.42 Å². The summed E-state index contributed by atoms with van der Waals surface area (Å²) in [5, 5.41) is 8.88. The first kappa shape index (κ1) is 14.8. The molecule has 0 unspecified atom stereocenters. The zero-order chi connectivity index (χ0) is 14.4. The Morgan fingerprint density at radius 1 is 1.10 bits per heavy atom. The Balaban J connectivity index is 2.16. The number of hydrogen-bond donors (Lipinski definition) is 0. The lowest BCUT2D eigenvalue weighted by Gasteiger charge is -2.04. The van der Waals surface area contributed by atoms with Crippen molar-refractivity contribution in [1.82, 2.24) is 0 Å². The number of thiophene rings is 1. The van der Waals surface area contributed by atoms with Crippen molar-refractivity contribution in [2.24, 2.45) is 0 Å². The lowest BCUT2D eigenvalue weighted by Crippen LogP contribution is -1.86. The summed E-state index contributed by atoms with van der Waals surface area (Å²) in [6, 6.07) is 12.5. The standard InChI is InChI=1S/C18H21NS/c1-3-4-5-6-7-17-12-14(2)20-18(17)16-10-8-15(13-19)9-11-16/h8-12H,3-7H2,1-2H3. The van der Waals surface area contributed by atoms with E-state index in [1.807, 2.05) is 23.5 Å². The molecule has 2 heteroatoms. The molecule has 0 N–H and O–H groups in total. The van der Waals surface area contributed by atoms with Crippen LogP contribution in [0.15, 0.2) is 30.3 Å². The molecule has 2 rings (SSSR count). The highest BCUT2D eigenvalue weighted by Gasteiger charge is 2.09. The van der Waals surface area contributed by atoms with Crippen molar-refractivity contribution in [3.63, 3.8) is 0 Å². The lowest BCUT2D eigenvalue weighted by atomic mass is 10.0. The van der Waals surface area contributed by atoms with Gasteiger partial charge in [-0.3, -0.25) is 0 Å². The molecule has 0 spiro atoms. The van der Waals surface area contributed by atoms with Crippen LogP contribution in [0, 0.1) is 18.3 Å². The topological polar surface area (TPSA) is 23.8 Å². The minimum absolute atomic E-state index is 0.728. The Kier molecular flexibility index (Phi) is 5.38. The molecule has 0 saturated heterocycles. The fourth-order valence-corrected chi connectivity index (χ4v) is 3.50. The Labute approximate surface area is 125 Å². The van der Waals surface area contributed by atoms with Gasteiger partial charge in [-0.05, 0) is 49.1 Å². The van der Waals surface area contributed by atoms with Crippen LogP contribution in [0.2, 0.25) is 0 Å². The van der Waals surface area contributed by atoms with Crippen LogP contribution < -0.4 is 0 Å². The molecule has 1 heterocycles. The summed E-state index contributed by atoms with van der Waals surface area (Å²) in [6.07, 6.45) is 6.37. The fraction of sp³-hybridized carbons (Fsp3) is 0.389. The Bertz CT molecular complexity index is 587. The van der Waals surface area contributed by atoms with Crippen LogP contribution in [0.3, 0.4) is 0 Å². The summed E-state index contributed by atoms with van der Waals surface area (Å²) in [5.41, 5.74) is 3.44. The van der Waals surface area contributed by atoms with E-state index in [-0.39, 0.29) is 0 Å². The normalized spacial score (nSPS) is 10.4.